The van der Waals surface area contributed by atoms with Crippen LogP contribution in [-0.4, -0.2) is 34.7 Å². The molecule has 0 radical (unpaired) electrons. The van der Waals surface area contributed by atoms with E-state index >= 15 is 0 Å². The number of aliphatic imine (C=N–C) groups is 1. The molecule has 5 nitrogen and oxygen atoms in total. The maximum atomic E-state index is 13.0. The lowest BCUT2D eigenvalue weighted by atomic mass is 10.1. The van der Waals surface area contributed by atoms with Gasteiger partial charge in [0.2, 0.25) is 0 Å². The normalized spacial score (nSPS) is 12.5. The number of hydrogen-bond donors (Lipinski definition) is 1. The Hall–Kier alpha value is -1.99. The summed E-state index contributed by atoms with van der Waals surface area (Å²) in [4.78, 5) is 5.59. The van der Waals surface area contributed by atoms with Gasteiger partial charge in [-0.2, -0.15) is 31.4 Å². The Morgan fingerprint density at radius 2 is 1.69 bits per heavy atom. The van der Waals surface area contributed by atoms with Crippen molar-refractivity contribution in [3.63, 3.8) is 0 Å². The number of benzene rings is 1. The van der Waals surface area contributed by atoms with E-state index in [1.165, 1.54) is 32.4 Å². The molecule has 0 fully saturated rings. The van der Waals surface area contributed by atoms with Crippen LogP contribution in [-0.2, 0) is 32.5 Å². The maximum Gasteiger partial charge on any atom is 0.435 e. The predicted octanol–water partition coefficient (Wildman–Crippen LogP) is 4.28. The minimum absolute atomic E-state index is 0. The molecule has 0 amide bonds. The molecule has 2 rings (SSSR count). The van der Waals surface area contributed by atoms with Crippen molar-refractivity contribution in [2.45, 2.75) is 25.4 Å². The fourth-order valence-electron chi connectivity index (χ4n) is 2.61. The van der Waals surface area contributed by atoms with E-state index in [9.17, 15) is 26.3 Å². The fourth-order valence-corrected chi connectivity index (χ4v) is 2.61. The van der Waals surface area contributed by atoms with Gasteiger partial charge in [0.1, 0.15) is 0 Å². The summed E-state index contributed by atoms with van der Waals surface area (Å²) in [6, 6.07) is 4.64. The average Bonchev–Trinajstić information content (AvgIpc) is 2.96. The van der Waals surface area contributed by atoms with E-state index in [4.69, 9.17) is 0 Å². The summed E-state index contributed by atoms with van der Waals surface area (Å²) in [5, 5.41) is 6.24. The highest BCUT2D eigenvalue weighted by molar-refractivity contribution is 14.0. The van der Waals surface area contributed by atoms with Gasteiger partial charge >= 0.3 is 12.4 Å². The van der Waals surface area contributed by atoms with Crippen LogP contribution in [0.2, 0.25) is 0 Å². The lowest BCUT2D eigenvalue weighted by molar-refractivity contribution is -0.142. The highest BCUT2D eigenvalue weighted by atomic mass is 127. The van der Waals surface area contributed by atoms with Crippen molar-refractivity contribution >= 4 is 29.9 Å². The Morgan fingerprint density at radius 3 is 2.17 bits per heavy atom. The number of aromatic nitrogens is 2. The minimum atomic E-state index is -4.58. The first kappa shape index (κ1) is 25.0. The molecule has 1 aromatic heterocycles. The van der Waals surface area contributed by atoms with Crippen molar-refractivity contribution in [1.29, 1.82) is 0 Å². The highest BCUT2D eigenvalue weighted by Gasteiger charge is 2.36. The summed E-state index contributed by atoms with van der Waals surface area (Å²) < 4.78 is 78.0. The van der Waals surface area contributed by atoms with Crippen molar-refractivity contribution in [2.24, 2.45) is 12.0 Å². The number of halogens is 7. The topological polar surface area (TPSA) is 45.5 Å². The molecule has 0 bridgehead atoms. The third-order valence-electron chi connectivity index (χ3n) is 3.88. The molecule has 0 spiro atoms. The second-order valence-corrected chi connectivity index (χ2v) is 6.13. The Morgan fingerprint density at radius 1 is 1.10 bits per heavy atom. The van der Waals surface area contributed by atoms with Crippen LogP contribution in [0.4, 0.5) is 26.3 Å². The molecular formula is C17H20F6IN5. The second-order valence-electron chi connectivity index (χ2n) is 6.13. The van der Waals surface area contributed by atoms with Gasteiger partial charge in [0.25, 0.3) is 0 Å². The van der Waals surface area contributed by atoms with E-state index in [-0.39, 0.29) is 48.6 Å². The lowest BCUT2D eigenvalue weighted by Gasteiger charge is -2.22. The number of hydrogen-bond acceptors (Lipinski definition) is 2. The van der Waals surface area contributed by atoms with Crippen molar-refractivity contribution in [3.8, 4) is 0 Å². The number of guanidine groups is 1. The standard InChI is InChI=1S/C17H19F6N5.HI/c1-24-15(25-8-12-10-28(3)26-14(12)17(21,22)23)27(2)9-11-4-6-13(7-5-11)16(18,19)20;/h4-7,10H,8-9H2,1-3H3,(H,24,25);1H. The monoisotopic (exact) mass is 535 g/mol. The average molecular weight is 535 g/mol. The largest absolute Gasteiger partial charge is 0.435 e. The van der Waals surface area contributed by atoms with Crippen molar-refractivity contribution in [3.05, 3.63) is 52.8 Å². The van der Waals surface area contributed by atoms with Gasteiger partial charge in [-0.3, -0.25) is 9.67 Å². The Labute approximate surface area is 180 Å². The number of rotatable bonds is 4. The van der Waals surface area contributed by atoms with Gasteiger partial charge in [-0.05, 0) is 17.7 Å². The van der Waals surface area contributed by atoms with E-state index in [1.807, 2.05) is 0 Å². The molecule has 0 aliphatic carbocycles. The Bertz CT molecular complexity index is 826. The van der Waals surface area contributed by atoms with Crippen LogP contribution >= 0.6 is 24.0 Å². The molecule has 162 valence electrons. The van der Waals surface area contributed by atoms with Crippen LogP contribution in [0.5, 0.6) is 0 Å². The van der Waals surface area contributed by atoms with Gasteiger partial charge in [-0.25, -0.2) is 0 Å². The first-order chi connectivity index (χ1) is 12.9. The second kappa shape index (κ2) is 9.67. The molecule has 0 aliphatic heterocycles. The zero-order valence-electron chi connectivity index (χ0n) is 15.8. The fraction of sp³-hybridized carbons (Fsp3) is 0.412. The first-order valence-electron chi connectivity index (χ1n) is 8.09. The van der Waals surface area contributed by atoms with Gasteiger partial charge in [0, 0.05) is 46.0 Å². The molecule has 0 aliphatic rings. The third-order valence-corrected chi connectivity index (χ3v) is 3.88. The summed E-state index contributed by atoms with van der Waals surface area (Å²) in [5.74, 6) is 0.289. The quantitative estimate of drug-likeness (QED) is 0.275. The van der Waals surface area contributed by atoms with Crippen molar-refractivity contribution in [2.75, 3.05) is 14.1 Å². The van der Waals surface area contributed by atoms with E-state index in [0.717, 1.165) is 16.8 Å². The van der Waals surface area contributed by atoms with Gasteiger partial charge in [0.05, 0.1) is 5.56 Å². The molecular weight excluding hydrogens is 515 g/mol. The molecule has 2 aromatic rings. The molecule has 1 N–H and O–H groups in total. The van der Waals surface area contributed by atoms with Crippen LogP contribution in [0.3, 0.4) is 0 Å². The number of nitrogens with one attached hydrogen (secondary N) is 1. The molecule has 29 heavy (non-hydrogen) atoms. The molecule has 1 heterocycles. The van der Waals surface area contributed by atoms with Gasteiger partial charge < -0.3 is 10.2 Å². The predicted molar refractivity (Wildman–Crippen MR) is 107 cm³/mol. The molecule has 0 atom stereocenters. The zero-order chi connectivity index (χ0) is 21.1. The molecule has 0 saturated heterocycles. The van der Waals surface area contributed by atoms with Gasteiger partial charge in [-0.1, -0.05) is 12.1 Å². The summed E-state index contributed by atoms with van der Waals surface area (Å²) in [6.07, 6.45) is -7.73. The zero-order valence-corrected chi connectivity index (χ0v) is 18.1. The minimum Gasteiger partial charge on any atom is -0.352 e. The van der Waals surface area contributed by atoms with Crippen LogP contribution < -0.4 is 5.32 Å². The number of aryl methyl sites for hydroxylation is 1. The molecule has 12 heteroatoms. The summed E-state index contributed by atoms with van der Waals surface area (Å²) >= 11 is 0. The lowest BCUT2D eigenvalue weighted by Crippen LogP contribution is -2.38. The summed E-state index contributed by atoms with van der Waals surface area (Å²) in [7, 11) is 4.48. The van der Waals surface area contributed by atoms with Crippen molar-refractivity contribution in [1.82, 2.24) is 20.0 Å². The van der Waals surface area contributed by atoms with E-state index in [2.05, 4.69) is 15.4 Å². The van der Waals surface area contributed by atoms with Gasteiger partial charge in [-0.15, -0.1) is 24.0 Å². The van der Waals surface area contributed by atoms with Crippen LogP contribution in [0.25, 0.3) is 0 Å². The maximum absolute atomic E-state index is 13.0. The molecule has 1 aromatic carbocycles. The smallest absolute Gasteiger partial charge is 0.352 e. The number of nitrogens with zero attached hydrogens (tertiary/aromatic N) is 4. The van der Waals surface area contributed by atoms with Crippen molar-refractivity contribution < 1.29 is 26.3 Å². The van der Waals surface area contributed by atoms with E-state index in [1.54, 1.807) is 11.9 Å². The highest BCUT2D eigenvalue weighted by Crippen LogP contribution is 2.31. The Balaban J connectivity index is 0.00000420. The van der Waals surface area contributed by atoms with Gasteiger partial charge in [0.15, 0.2) is 11.7 Å². The summed E-state index contributed by atoms with van der Waals surface area (Å²) in [6.45, 7) is 0.0592. The third kappa shape index (κ3) is 6.78. The Kier molecular flexibility index (Phi) is 8.35. The molecule has 0 unspecified atom stereocenters. The van der Waals surface area contributed by atoms with Crippen LogP contribution in [0, 0.1) is 0 Å². The van der Waals surface area contributed by atoms with E-state index in [0.29, 0.717) is 5.56 Å². The van der Waals surface area contributed by atoms with Crippen LogP contribution in [0.1, 0.15) is 22.4 Å². The SMILES string of the molecule is CN=C(NCc1cn(C)nc1C(F)(F)F)N(C)Cc1ccc(C(F)(F)F)cc1.I. The van der Waals surface area contributed by atoms with E-state index < -0.39 is 23.6 Å². The van der Waals surface area contributed by atoms with Crippen LogP contribution in [0.15, 0.2) is 35.5 Å². The first-order valence-corrected chi connectivity index (χ1v) is 8.09. The number of alkyl halides is 6. The summed E-state index contributed by atoms with van der Waals surface area (Å²) in [5.41, 5.74) is -1.18. The molecule has 0 saturated carbocycles.